The van der Waals surface area contributed by atoms with Gasteiger partial charge in [-0.1, -0.05) is 0 Å². The van der Waals surface area contributed by atoms with Gasteiger partial charge in [-0.2, -0.15) is 0 Å². The molecule has 18 heavy (non-hydrogen) atoms. The quantitative estimate of drug-likeness (QED) is 0.758. The zero-order valence-electron chi connectivity index (χ0n) is 10.7. The van der Waals surface area contributed by atoms with E-state index in [1.165, 1.54) is 0 Å². The third-order valence-corrected chi connectivity index (χ3v) is 2.79. The van der Waals surface area contributed by atoms with Crippen molar-refractivity contribution in [1.82, 2.24) is 14.1 Å². The third kappa shape index (κ3) is 2.61. The summed E-state index contributed by atoms with van der Waals surface area (Å²) in [7, 11) is 0. The standard InChI is InChI=1S/C13H17N3O2/c1-3-18-13(17)12-11(2)4-6-16(12)9-8-15-7-5-14-10-15/h4-7,10H,3,8-9H2,1-2H3. The maximum atomic E-state index is 11.8. The number of nitrogens with zero attached hydrogens (tertiary/aromatic N) is 3. The number of ether oxygens (including phenoxy) is 1. The van der Waals surface area contributed by atoms with Crippen LogP contribution in [0, 0.1) is 6.92 Å². The van der Waals surface area contributed by atoms with Crippen LogP contribution in [-0.2, 0) is 17.8 Å². The van der Waals surface area contributed by atoms with Gasteiger partial charge in [0.05, 0.1) is 12.9 Å². The van der Waals surface area contributed by atoms with Crippen molar-refractivity contribution in [3.63, 3.8) is 0 Å². The number of carbonyl (C=O) groups is 1. The number of aryl methyl sites for hydroxylation is 3. The molecule has 0 aromatic carbocycles. The third-order valence-electron chi connectivity index (χ3n) is 2.79. The topological polar surface area (TPSA) is 49.0 Å². The Hall–Kier alpha value is -2.04. The smallest absolute Gasteiger partial charge is 0.355 e. The highest BCUT2D eigenvalue weighted by atomic mass is 16.5. The van der Waals surface area contributed by atoms with Gasteiger partial charge in [0.2, 0.25) is 0 Å². The first-order valence-electron chi connectivity index (χ1n) is 6.01. The zero-order valence-corrected chi connectivity index (χ0v) is 10.7. The molecule has 0 N–H and O–H groups in total. The van der Waals surface area contributed by atoms with Gasteiger partial charge in [-0.25, -0.2) is 9.78 Å². The summed E-state index contributed by atoms with van der Waals surface area (Å²) >= 11 is 0. The largest absolute Gasteiger partial charge is 0.461 e. The number of esters is 1. The molecular formula is C13H17N3O2. The van der Waals surface area contributed by atoms with Gasteiger partial charge in [0.15, 0.2) is 0 Å². The van der Waals surface area contributed by atoms with E-state index in [9.17, 15) is 4.79 Å². The number of rotatable bonds is 5. The van der Waals surface area contributed by atoms with Crippen LogP contribution >= 0.6 is 0 Å². The molecule has 2 heterocycles. The van der Waals surface area contributed by atoms with Gasteiger partial charge < -0.3 is 13.9 Å². The van der Waals surface area contributed by atoms with Crippen molar-refractivity contribution in [3.8, 4) is 0 Å². The first kappa shape index (κ1) is 12.4. The summed E-state index contributed by atoms with van der Waals surface area (Å²) in [5, 5.41) is 0. The van der Waals surface area contributed by atoms with Crippen LogP contribution in [0.3, 0.4) is 0 Å². The van der Waals surface area contributed by atoms with Gasteiger partial charge in [-0.15, -0.1) is 0 Å². The minimum atomic E-state index is -0.259. The number of carbonyl (C=O) groups excluding carboxylic acids is 1. The SMILES string of the molecule is CCOC(=O)c1c(C)ccn1CCn1ccnc1. The lowest BCUT2D eigenvalue weighted by molar-refractivity contribution is 0.0512. The van der Waals surface area contributed by atoms with E-state index in [1.54, 1.807) is 12.5 Å². The van der Waals surface area contributed by atoms with Crippen LogP contribution in [0.2, 0.25) is 0 Å². The van der Waals surface area contributed by atoms with E-state index in [-0.39, 0.29) is 5.97 Å². The van der Waals surface area contributed by atoms with E-state index in [2.05, 4.69) is 4.98 Å². The molecular weight excluding hydrogens is 230 g/mol. The molecule has 0 aliphatic heterocycles. The lowest BCUT2D eigenvalue weighted by atomic mass is 10.3. The Labute approximate surface area is 106 Å². The molecule has 0 aliphatic rings. The van der Waals surface area contributed by atoms with Crippen molar-refractivity contribution in [3.05, 3.63) is 42.2 Å². The van der Waals surface area contributed by atoms with Crippen LogP contribution in [0.1, 0.15) is 23.0 Å². The zero-order chi connectivity index (χ0) is 13.0. The predicted molar refractivity (Wildman–Crippen MR) is 67.4 cm³/mol. The fourth-order valence-electron chi connectivity index (χ4n) is 1.89. The molecule has 2 aromatic rings. The maximum Gasteiger partial charge on any atom is 0.355 e. The first-order chi connectivity index (χ1) is 8.72. The van der Waals surface area contributed by atoms with E-state index in [0.717, 1.165) is 18.7 Å². The number of aromatic nitrogens is 3. The van der Waals surface area contributed by atoms with Gasteiger partial charge in [-0.05, 0) is 25.5 Å². The van der Waals surface area contributed by atoms with E-state index in [4.69, 9.17) is 4.74 Å². The van der Waals surface area contributed by atoms with E-state index >= 15 is 0 Å². The van der Waals surface area contributed by atoms with Crippen LogP contribution in [-0.4, -0.2) is 26.7 Å². The highest BCUT2D eigenvalue weighted by Crippen LogP contribution is 2.12. The van der Waals surface area contributed by atoms with Gasteiger partial charge in [0.1, 0.15) is 5.69 Å². The normalized spacial score (nSPS) is 10.6. The lowest BCUT2D eigenvalue weighted by Gasteiger charge is -2.10. The van der Waals surface area contributed by atoms with E-state index < -0.39 is 0 Å². The first-order valence-corrected chi connectivity index (χ1v) is 6.01. The summed E-state index contributed by atoms with van der Waals surface area (Å²) in [5.41, 5.74) is 1.58. The minimum Gasteiger partial charge on any atom is -0.461 e. The van der Waals surface area contributed by atoms with Crippen LogP contribution in [0.5, 0.6) is 0 Å². The summed E-state index contributed by atoms with van der Waals surface area (Å²) in [4.78, 5) is 15.8. The van der Waals surface area contributed by atoms with Crippen LogP contribution in [0.15, 0.2) is 31.0 Å². The molecule has 0 atom stereocenters. The van der Waals surface area contributed by atoms with Crippen molar-refractivity contribution in [2.45, 2.75) is 26.9 Å². The molecule has 0 saturated carbocycles. The number of hydrogen-bond donors (Lipinski definition) is 0. The molecule has 0 amide bonds. The molecule has 96 valence electrons. The Morgan fingerprint density at radius 1 is 1.39 bits per heavy atom. The molecule has 0 aliphatic carbocycles. The van der Waals surface area contributed by atoms with Crippen LogP contribution in [0.25, 0.3) is 0 Å². The number of imidazole rings is 1. The summed E-state index contributed by atoms with van der Waals surface area (Å²) in [5.74, 6) is -0.259. The second-order valence-electron chi connectivity index (χ2n) is 4.06. The Bertz CT molecular complexity index is 514. The van der Waals surface area contributed by atoms with Crippen LogP contribution in [0.4, 0.5) is 0 Å². The molecule has 5 heteroatoms. The highest BCUT2D eigenvalue weighted by molar-refractivity contribution is 5.89. The molecule has 2 rings (SSSR count). The van der Waals surface area contributed by atoms with Gasteiger partial charge >= 0.3 is 5.97 Å². The minimum absolute atomic E-state index is 0.259. The van der Waals surface area contributed by atoms with Gasteiger partial charge in [0, 0.05) is 31.7 Å². The Morgan fingerprint density at radius 3 is 2.89 bits per heavy atom. The predicted octanol–water partition coefficient (Wildman–Crippen LogP) is 1.87. The monoisotopic (exact) mass is 247 g/mol. The molecule has 0 saturated heterocycles. The summed E-state index contributed by atoms with van der Waals surface area (Å²) in [6.45, 7) is 5.62. The Morgan fingerprint density at radius 2 is 2.22 bits per heavy atom. The van der Waals surface area contributed by atoms with Crippen molar-refractivity contribution < 1.29 is 9.53 Å². The van der Waals surface area contributed by atoms with Crippen molar-refractivity contribution >= 4 is 5.97 Å². The molecule has 0 fully saturated rings. The average Bonchev–Trinajstić information content (AvgIpc) is 2.96. The summed E-state index contributed by atoms with van der Waals surface area (Å²) in [6, 6.07) is 1.93. The summed E-state index contributed by atoms with van der Waals surface area (Å²) in [6.07, 6.45) is 7.33. The van der Waals surface area contributed by atoms with Gasteiger partial charge in [-0.3, -0.25) is 0 Å². The van der Waals surface area contributed by atoms with Crippen molar-refractivity contribution in [1.29, 1.82) is 0 Å². The van der Waals surface area contributed by atoms with Crippen molar-refractivity contribution in [2.75, 3.05) is 6.61 Å². The average molecular weight is 247 g/mol. The maximum absolute atomic E-state index is 11.8. The van der Waals surface area contributed by atoms with Gasteiger partial charge in [0.25, 0.3) is 0 Å². The second kappa shape index (κ2) is 5.53. The highest BCUT2D eigenvalue weighted by Gasteiger charge is 2.15. The lowest BCUT2D eigenvalue weighted by Crippen LogP contribution is -2.15. The van der Waals surface area contributed by atoms with Crippen molar-refractivity contribution in [2.24, 2.45) is 0 Å². The van der Waals surface area contributed by atoms with E-state index in [0.29, 0.717) is 12.3 Å². The Kier molecular flexibility index (Phi) is 3.82. The molecule has 0 radical (unpaired) electrons. The molecule has 0 spiro atoms. The molecule has 5 nitrogen and oxygen atoms in total. The Balaban J connectivity index is 2.10. The molecule has 0 bridgehead atoms. The number of hydrogen-bond acceptors (Lipinski definition) is 3. The fraction of sp³-hybridized carbons (Fsp3) is 0.385. The van der Waals surface area contributed by atoms with Crippen LogP contribution < -0.4 is 0 Å². The fourth-order valence-corrected chi connectivity index (χ4v) is 1.89. The van der Waals surface area contributed by atoms with E-state index in [1.807, 2.05) is 41.4 Å². The molecule has 0 unspecified atom stereocenters. The summed E-state index contributed by atoms with van der Waals surface area (Å²) < 4.78 is 8.97. The second-order valence-corrected chi connectivity index (χ2v) is 4.06. The molecule has 2 aromatic heterocycles.